The molecule has 0 bridgehead atoms. The van der Waals surface area contributed by atoms with Crippen molar-refractivity contribution in [2.24, 2.45) is 0 Å². The molecule has 36 heavy (non-hydrogen) atoms. The van der Waals surface area contributed by atoms with E-state index in [-0.39, 0.29) is 5.97 Å². The molecule has 0 saturated heterocycles. The first-order valence-electron chi connectivity index (χ1n) is 12.3. The van der Waals surface area contributed by atoms with Crippen molar-refractivity contribution in [2.75, 3.05) is 0 Å². The highest BCUT2D eigenvalue weighted by atomic mass is 16.5. The summed E-state index contributed by atoms with van der Waals surface area (Å²) in [6, 6.07) is 43.2. The predicted octanol–water partition coefficient (Wildman–Crippen LogP) is 8.58. The third kappa shape index (κ3) is 3.91. The molecule has 0 aliphatic heterocycles. The number of carbonyl (C=O) groups excluding carboxylic acids is 1. The molecule has 0 saturated carbocycles. The summed E-state index contributed by atoms with van der Waals surface area (Å²) >= 11 is 0. The number of carbonyl (C=O) groups is 1. The summed E-state index contributed by atoms with van der Waals surface area (Å²) in [4.78, 5) is 13.8. The highest BCUT2D eigenvalue weighted by Gasteiger charge is 2.27. The second-order valence-electron chi connectivity index (χ2n) is 9.24. The SMILES string of the molecule is C[C@@H](C(=O)OC(c1cccc2ccccc12)c1cccc2ccccc12)c1cccc2ccccc12. The van der Waals surface area contributed by atoms with E-state index in [1.165, 1.54) is 0 Å². The number of esters is 1. The summed E-state index contributed by atoms with van der Waals surface area (Å²) < 4.78 is 6.47. The van der Waals surface area contributed by atoms with Gasteiger partial charge in [-0.2, -0.15) is 0 Å². The molecule has 0 spiro atoms. The summed E-state index contributed by atoms with van der Waals surface area (Å²) in [7, 11) is 0. The average Bonchev–Trinajstić information content (AvgIpc) is 2.94. The molecule has 2 heteroatoms. The minimum absolute atomic E-state index is 0.239. The fraction of sp³-hybridized carbons (Fsp3) is 0.0882. The Morgan fingerprint density at radius 2 is 0.861 bits per heavy atom. The van der Waals surface area contributed by atoms with E-state index in [9.17, 15) is 4.79 Å². The van der Waals surface area contributed by atoms with Crippen LogP contribution in [0.1, 0.15) is 35.6 Å². The van der Waals surface area contributed by atoms with E-state index in [1.54, 1.807) is 0 Å². The van der Waals surface area contributed by atoms with Gasteiger partial charge in [0.2, 0.25) is 0 Å². The zero-order chi connectivity index (χ0) is 24.5. The van der Waals surface area contributed by atoms with Gasteiger partial charge < -0.3 is 4.74 Å². The first-order chi connectivity index (χ1) is 17.7. The van der Waals surface area contributed by atoms with Crippen molar-refractivity contribution in [2.45, 2.75) is 18.9 Å². The number of fused-ring (bicyclic) bond motifs is 3. The van der Waals surface area contributed by atoms with E-state index in [2.05, 4.69) is 66.7 Å². The normalized spacial score (nSPS) is 12.3. The minimum Gasteiger partial charge on any atom is -0.452 e. The molecule has 0 heterocycles. The van der Waals surface area contributed by atoms with E-state index in [0.29, 0.717) is 0 Å². The second-order valence-corrected chi connectivity index (χ2v) is 9.24. The summed E-state index contributed by atoms with van der Waals surface area (Å²) in [5, 5.41) is 6.62. The lowest BCUT2D eigenvalue weighted by molar-refractivity contribution is -0.148. The smallest absolute Gasteiger partial charge is 0.314 e. The minimum atomic E-state index is -0.535. The molecule has 6 aromatic rings. The number of hydrogen-bond donors (Lipinski definition) is 0. The van der Waals surface area contributed by atoms with Gasteiger partial charge in [-0.3, -0.25) is 4.79 Å². The van der Waals surface area contributed by atoms with Gasteiger partial charge in [-0.15, -0.1) is 0 Å². The number of benzene rings is 6. The van der Waals surface area contributed by atoms with E-state index in [1.807, 2.05) is 67.6 Å². The van der Waals surface area contributed by atoms with Crippen LogP contribution in [-0.2, 0) is 9.53 Å². The van der Waals surface area contributed by atoms with Crippen LogP contribution in [0.3, 0.4) is 0 Å². The van der Waals surface area contributed by atoms with E-state index < -0.39 is 12.0 Å². The Balaban J connectivity index is 1.48. The average molecular weight is 467 g/mol. The van der Waals surface area contributed by atoms with Crippen molar-refractivity contribution in [3.8, 4) is 0 Å². The lowest BCUT2D eigenvalue weighted by atomic mass is 9.91. The van der Waals surface area contributed by atoms with Crippen LogP contribution < -0.4 is 0 Å². The molecule has 174 valence electrons. The first kappa shape index (κ1) is 22.1. The second kappa shape index (κ2) is 9.31. The molecule has 6 aromatic carbocycles. The number of ether oxygens (including phenoxy) is 1. The molecule has 0 fully saturated rings. The summed E-state index contributed by atoms with van der Waals surface area (Å²) in [6.07, 6.45) is -0.535. The lowest BCUT2D eigenvalue weighted by Gasteiger charge is -2.24. The van der Waals surface area contributed by atoms with Crippen molar-refractivity contribution >= 4 is 38.3 Å². The highest BCUT2D eigenvalue weighted by molar-refractivity contribution is 5.93. The molecule has 6 rings (SSSR count). The van der Waals surface area contributed by atoms with Crippen molar-refractivity contribution in [3.05, 3.63) is 144 Å². The highest BCUT2D eigenvalue weighted by Crippen LogP contribution is 2.37. The molecule has 0 aliphatic rings. The van der Waals surface area contributed by atoms with Gasteiger partial charge in [-0.1, -0.05) is 127 Å². The Labute approximate surface area is 210 Å². The third-order valence-corrected chi connectivity index (χ3v) is 7.09. The van der Waals surface area contributed by atoms with E-state index in [4.69, 9.17) is 4.74 Å². The van der Waals surface area contributed by atoms with Gasteiger partial charge in [-0.25, -0.2) is 0 Å². The molecule has 2 nitrogen and oxygen atoms in total. The quantitative estimate of drug-likeness (QED) is 0.238. The van der Waals surface area contributed by atoms with Gasteiger partial charge in [0.1, 0.15) is 0 Å². The molecule has 0 N–H and O–H groups in total. The van der Waals surface area contributed by atoms with Crippen LogP contribution >= 0.6 is 0 Å². The van der Waals surface area contributed by atoms with Crippen molar-refractivity contribution < 1.29 is 9.53 Å². The Bertz CT molecular complexity index is 1620. The van der Waals surface area contributed by atoms with Crippen LogP contribution in [0.5, 0.6) is 0 Å². The summed E-state index contributed by atoms with van der Waals surface area (Å²) in [5.74, 6) is -0.652. The monoisotopic (exact) mass is 466 g/mol. The van der Waals surface area contributed by atoms with Crippen molar-refractivity contribution in [1.29, 1.82) is 0 Å². The van der Waals surface area contributed by atoms with Gasteiger partial charge in [-0.05, 0) is 44.8 Å². The van der Waals surface area contributed by atoms with Crippen LogP contribution in [-0.4, -0.2) is 5.97 Å². The molecule has 1 atom stereocenters. The Kier molecular flexibility index (Phi) is 5.71. The van der Waals surface area contributed by atoms with Gasteiger partial charge in [0.15, 0.2) is 6.10 Å². The standard InChI is InChI=1S/C34H26O2/c1-23(27-20-8-14-24-11-2-5-17-28(24)27)34(35)36-33(31-21-9-15-25-12-3-6-18-29(25)31)32-22-10-16-26-13-4-7-19-30(26)32/h2-23,33H,1H3/t23-/m1/s1. The Morgan fingerprint density at radius 1 is 0.500 bits per heavy atom. The maximum absolute atomic E-state index is 13.8. The lowest BCUT2D eigenvalue weighted by Crippen LogP contribution is -2.18. The first-order valence-corrected chi connectivity index (χ1v) is 12.3. The molecule has 0 aromatic heterocycles. The maximum atomic E-state index is 13.8. The summed E-state index contributed by atoms with van der Waals surface area (Å²) in [5.41, 5.74) is 2.96. The van der Waals surface area contributed by atoms with Crippen molar-refractivity contribution in [3.63, 3.8) is 0 Å². The van der Waals surface area contributed by atoms with Crippen LogP contribution in [0.25, 0.3) is 32.3 Å². The molecule has 0 radical (unpaired) electrons. The van der Waals surface area contributed by atoms with Crippen LogP contribution in [0, 0.1) is 0 Å². The number of hydrogen-bond acceptors (Lipinski definition) is 2. The molecular weight excluding hydrogens is 440 g/mol. The Hall–Kier alpha value is -4.43. The van der Waals surface area contributed by atoms with Gasteiger partial charge in [0.05, 0.1) is 5.92 Å². The zero-order valence-corrected chi connectivity index (χ0v) is 20.1. The van der Waals surface area contributed by atoms with Crippen LogP contribution in [0.15, 0.2) is 127 Å². The van der Waals surface area contributed by atoms with E-state index >= 15 is 0 Å². The number of rotatable bonds is 5. The Morgan fingerprint density at radius 3 is 1.33 bits per heavy atom. The van der Waals surface area contributed by atoms with Crippen LogP contribution in [0.2, 0.25) is 0 Å². The topological polar surface area (TPSA) is 26.3 Å². The van der Waals surface area contributed by atoms with Crippen LogP contribution in [0.4, 0.5) is 0 Å². The summed E-state index contributed by atoms with van der Waals surface area (Å²) in [6.45, 7) is 1.94. The molecule has 0 amide bonds. The van der Waals surface area contributed by atoms with Gasteiger partial charge >= 0.3 is 5.97 Å². The fourth-order valence-electron chi connectivity index (χ4n) is 5.23. The molecule has 0 unspecified atom stereocenters. The van der Waals surface area contributed by atoms with Gasteiger partial charge in [0, 0.05) is 11.1 Å². The fourth-order valence-corrected chi connectivity index (χ4v) is 5.23. The van der Waals surface area contributed by atoms with E-state index in [0.717, 1.165) is 49.0 Å². The molecule has 0 aliphatic carbocycles. The molecular formula is C34H26O2. The predicted molar refractivity (Wildman–Crippen MR) is 148 cm³/mol. The van der Waals surface area contributed by atoms with Gasteiger partial charge in [0.25, 0.3) is 0 Å². The largest absolute Gasteiger partial charge is 0.452 e. The third-order valence-electron chi connectivity index (χ3n) is 7.09. The zero-order valence-electron chi connectivity index (χ0n) is 20.1. The maximum Gasteiger partial charge on any atom is 0.314 e. The van der Waals surface area contributed by atoms with Crippen molar-refractivity contribution in [1.82, 2.24) is 0 Å².